The maximum absolute atomic E-state index is 13.0. The largest absolute Gasteiger partial charge is 0.416 e. The molecule has 6 rings (SSSR count). The average Bonchev–Trinajstić information content (AvgIpc) is 3.52. The zero-order valence-corrected chi connectivity index (χ0v) is 19.9. The van der Waals surface area contributed by atoms with Gasteiger partial charge in [0.05, 0.1) is 36.0 Å². The number of fused-ring (bicyclic) bond motifs is 2. The molecule has 0 aliphatic rings. The highest BCUT2D eigenvalue weighted by Gasteiger charge is 2.30. The van der Waals surface area contributed by atoms with E-state index in [1.807, 2.05) is 54.6 Å². The van der Waals surface area contributed by atoms with E-state index >= 15 is 0 Å². The van der Waals surface area contributed by atoms with Crippen LogP contribution in [0.25, 0.3) is 22.2 Å². The number of anilines is 3. The summed E-state index contributed by atoms with van der Waals surface area (Å²) in [5.74, 6) is 1.59. The number of hydrogen-bond acceptors (Lipinski definition) is 6. The van der Waals surface area contributed by atoms with Gasteiger partial charge in [0.25, 0.3) is 0 Å². The van der Waals surface area contributed by atoms with E-state index in [9.17, 15) is 13.2 Å². The molecule has 3 aromatic carbocycles. The lowest BCUT2D eigenvalue weighted by molar-refractivity contribution is -0.137. The summed E-state index contributed by atoms with van der Waals surface area (Å²) in [6, 6.07) is 22.3. The molecule has 190 valence electrons. The molecular weight excluding hydrogens is 493 g/mol. The van der Waals surface area contributed by atoms with Crippen LogP contribution in [-0.2, 0) is 19.3 Å². The van der Waals surface area contributed by atoms with Gasteiger partial charge in [0.1, 0.15) is 5.82 Å². The molecule has 0 aliphatic heterocycles. The Balaban J connectivity index is 1.33. The summed E-state index contributed by atoms with van der Waals surface area (Å²) in [6.07, 6.45) is -2.78. The third-order valence-electron chi connectivity index (χ3n) is 5.99. The molecule has 0 radical (unpaired) electrons. The Morgan fingerprint density at radius 1 is 0.842 bits per heavy atom. The van der Waals surface area contributed by atoms with E-state index in [1.165, 1.54) is 12.1 Å². The van der Waals surface area contributed by atoms with Crippen molar-refractivity contribution >= 4 is 39.7 Å². The first kappa shape index (κ1) is 23.5. The second-order valence-electron chi connectivity index (χ2n) is 8.68. The van der Waals surface area contributed by atoms with Crippen LogP contribution in [0.3, 0.4) is 0 Å². The monoisotopic (exact) mass is 514 g/mol. The molecule has 3 heterocycles. The van der Waals surface area contributed by atoms with E-state index in [2.05, 4.69) is 35.6 Å². The Labute approximate surface area is 214 Å². The number of nitrogens with zero attached hydrogens (tertiary/aromatic N) is 5. The summed E-state index contributed by atoms with van der Waals surface area (Å²) >= 11 is 0. The number of rotatable bonds is 7. The number of hydrogen-bond donors (Lipinski definition) is 3. The lowest BCUT2D eigenvalue weighted by atomic mass is 10.1. The predicted octanol–water partition coefficient (Wildman–Crippen LogP) is 6.13. The van der Waals surface area contributed by atoms with Crippen LogP contribution in [0, 0.1) is 0 Å². The number of alkyl halides is 3. The predicted molar refractivity (Wildman–Crippen MR) is 139 cm³/mol. The molecular formula is C27H21F3N8. The second-order valence-corrected chi connectivity index (χ2v) is 8.68. The third kappa shape index (κ3) is 4.85. The van der Waals surface area contributed by atoms with Gasteiger partial charge in [0.15, 0.2) is 17.0 Å². The molecule has 0 spiro atoms. The fourth-order valence-electron chi connectivity index (χ4n) is 4.14. The molecule has 3 aromatic heterocycles. The van der Waals surface area contributed by atoms with Crippen molar-refractivity contribution in [3.05, 3.63) is 102 Å². The molecule has 11 heteroatoms. The number of benzene rings is 3. The standard InChI is InChI=1S/C27H21F3N8/c28-27(29,30)18-12-10-17(11-13-18)15-38-16-32-23-24(31-14-22-34-20-8-4-5-9-21(20)35-22)36-26(37-25(23)38)33-19-6-2-1-3-7-19/h1-13,16H,14-15H2,(H,34,35)(H2,31,33,36,37). The van der Waals surface area contributed by atoms with Gasteiger partial charge < -0.3 is 20.2 Å². The maximum atomic E-state index is 13.0. The summed E-state index contributed by atoms with van der Waals surface area (Å²) in [6.45, 7) is 0.663. The quantitative estimate of drug-likeness (QED) is 0.237. The van der Waals surface area contributed by atoms with Crippen LogP contribution in [-0.4, -0.2) is 29.5 Å². The van der Waals surface area contributed by atoms with Crippen LogP contribution in [0.2, 0.25) is 0 Å². The molecule has 6 aromatic rings. The highest BCUT2D eigenvalue weighted by Crippen LogP contribution is 2.29. The van der Waals surface area contributed by atoms with Crippen LogP contribution >= 0.6 is 0 Å². The topological polar surface area (TPSA) is 96.3 Å². The van der Waals surface area contributed by atoms with E-state index < -0.39 is 11.7 Å². The molecule has 0 unspecified atom stereocenters. The highest BCUT2D eigenvalue weighted by molar-refractivity contribution is 5.85. The molecule has 0 bridgehead atoms. The second kappa shape index (κ2) is 9.51. The van der Waals surface area contributed by atoms with Crippen molar-refractivity contribution in [1.82, 2.24) is 29.5 Å². The first-order valence-electron chi connectivity index (χ1n) is 11.8. The highest BCUT2D eigenvalue weighted by atomic mass is 19.4. The number of para-hydroxylation sites is 3. The van der Waals surface area contributed by atoms with E-state index in [-0.39, 0.29) is 0 Å². The van der Waals surface area contributed by atoms with E-state index in [0.717, 1.165) is 34.7 Å². The Kier molecular flexibility index (Phi) is 5.87. The first-order chi connectivity index (χ1) is 18.4. The molecule has 0 aliphatic carbocycles. The Morgan fingerprint density at radius 2 is 1.61 bits per heavy atom. The van der Waals surface area contributed by atoms with Crippen LogP contribution in [0.1, 0.15) is 17.0 Å². The summed E-state index contributed by atoms with van der Waals surface area (Å²) in [7, 11) is 0. The SMILES string of the molecule is FC(F)(F)c1ccc(Cn2cnc3c(NCc4nc5ccccc5[nH]4)nc(Nc4ccccc4)nc32)cc1. The number of aromatic amines is 1. The van der Waals surface area contributed by atoms with Crippen molar-refractivity contribution in [2.75, 3.05) is 10.6 Å². The van der Waals surface area contributed by atoms with Gasteiger partial charge in [-0.05, 0) is 42.0 Å². The van der Waals surface area contributed by atoms with Crippen LogP contribution in [0.15, 0.2) is 85.2 Å². The zero-order valence-electron chi connectivity index (χ0n) is 19.9. The molecule has 0 saturated carbocycles. The fourth-order valence-corrected chi connectivity index (χ4v) is 4.14. The molecule has 8 nitrogen and oxygen atoms in total. The number of imidazole rings is 2. The van der Waals surface area contributed by atoms with Gasteiger partial charge in [-0.2, -0.15) is 23.1 Å². The number of halogens is 3. The van der Waals surface area contributed by atoms with Crippen molar-refractivity contribution < 1.29 is 13.2 Å². The average molecular weight is 515 g/mol. The zero-order chi connectivity index (χ0) is 26.1. The van der Waals surface area contributed by atoms with Crippen molar-refractivity contribution in [3.63, 3.8) is 0 Å². The van der Waals surface area contributed by atoms with Crippen LogP contribution < -0.4 is 10.6 Å². The lowest BCUT2D eigenvalue weighted by Gasteiger charge is -2.11. The van der Waals surface area contributed by atoms with Crippen molar-refractivity contribution in [3.8, 4) is 0 Å². The van der Waals surface area contributed by atoms with Gasteiger partial charge in [0.2, 0.25) is 5.95 Å². The molecule has 0 saturated heterocycles. The molecule has 0 amide bonds. The van der Waals surface area contributed by atoms with Gasteiger partial charge in [-0.1, -0.05) is 42.5 Å². The van der Waals surface area contributed by atoms with Gasteiger partial charge >= 0.3 is 6.18 Å². The summed E-state index contributed by atoms with van der Waals surface area (Å²) in [4.78, 5) is 21.7. The minimum Gasteiger partial charge on any atom is -0.361 e. The summed E-state index contributed by atoms with van der Waals surface area (Å²) in [5, 5.41) is 6.52. The Hall–Kier alpha value is -4.93. The lowest BCUT2D eigenvalue weighted by Crippen LogP contribution is -2.08. The van der Waals surface area contributed by atoms with Gasteiger partial charge in [-0.15, -0.1) is 0 Å². The molecule has 38 heavy (non-hydrogen) atoms. The van der Waals surface area contributed by atoms with Crippen molar-refractivity contribution in [1.29, 1.82) is 0 Å². The minimum absolute atomic E-state index is 0.291. The van der Waals surface area contributed by atoms with Gasteiger partial charge in [-0.3, -0.25) is 0 Å². The van der Waals surface area contributed by atoms with Crippen molar-refractivity contribution in [2.45, 2.75) is 19.3 Å². The Morgan fingerprint density at radius 3 is 2.37 bits per heavy atom. The number of nitrogens with one attached hydrogen (secondary N) is 3. The molecule has 0 atom stereocenters. The first-order valence-corrected chi connectivity index (χ1v) is 11.8. The minimum atomic E-state index is -4.38. The Bertz CT molecular complexity index is 1670. The van der Waals surface area contributed by atoms with E-state index in [0.29, 0.717) is 41.6 Å². The van der Waals surface area contributed by atoms with Crippen LogP contribution in [0.5, 0.6) is 0 Å². The molecule has 0 fully saturated rings. The normalized spacial score (nSPS) is 11.8. The van der Waals surface area contributed by atoms with Crippen molar-refractivity contribution in [2.24, 2.45) is 0 Å². The molecule has 3 N–H and O–H groups in total. The summed E-state index contributed by atoms with van der Waals surface area (Å²) < 4.78 is 40.7. The van der Waals surface area contributed by atoms with E-state index in [1.54, 1.807) is 10.9 Å². The third-order valence-corrected chi connectivity index (χ3v) is 5.99. The maximum Gasteiger partial charge on any atom is 0.416 e. The number of H-pyrrole nitrogens is 1. The number of aromatic nitrogens is 6. The van der Waals surface area contributed by atoms with Gasteiger partial charge in [-0.25, -0.2) is 9.97 Å². The van der Waals surface area contributed by atoms with Gasteiger partial charge in [0, 0.05) is 5.69 Å². The summed E-state index contributed by atoms with van der Waals surface area (Å²) in [5.41, 5.74) is 3.67. The van der Waals surface area contributed by atoms with E-state index in [4.69, 9.17) is 0 Å². The fraction of sp³-hybridized carbons (Fsp3) is 0.111. The van der Waals surface area contributed by atoms with Crippen LogP contribution in [0.4, 0.5) is 30.6 Å². The smallest absolute Gasteiger partial charge is 0.361 e.